The van der Waals surface area contributed by atoms with Gasteiger partial charge >= 0.3 is 0 Å². The zero-order valence-corrected chi connectivity index (χ0v) is 7.82. The first-order chi connectivity index (χ1) is 5.13. The molecule has 0 spiro atoms. The maximum atomic E-state index is 11.2. The fourth-order valence-electron chi connectivity index (χ4n) is 0.752. The van der Waals surface area contributed by atoms with E-state index in [4.69, 9.17) is 0 Å². The van der Waals surface area contributed by atoms with Crippen molar-refractivity contribution in [3.05, 3.63) is 11.1 Å². The summed E-state index contributed by atoms with van der Waals surface area (Å²) in [5.74, 6) is 0.0619. The first kappa shape index (κ1) is 10.2. The molecule has 11 heavy (non-hydrogen) atoms. The predicted molar refractivity (Wildman–Crippen MR) is 47.3 cm³/mol. The molecule has 2 nitrogen and oxygen atoms in total. The Morgan fingerprint density at radius 1 is 1.27 bits per heavy atom. The third kappa shape index (κ3) is 3.21. The molecule has 64 valence electrons. The van der Waals surface area contributed by atoms with E-state index in [0.29, 0.717) is 6.54 Å². The Hall–Kier alpha value is -0.790. The molecule has 0 saturated heterocycles. The molecule has 0 heterocycles. The van der Waals surface area contributed by atoms with Crippen LogP contribution in [0, 0.1) is 0 Å². The van der Waals surface area contributed by atoms with Gasteiger partial charge in [-0.1, -0.05) is 12.5 Å². The van der Waals surface area contributed by atoms with Crippen molar-refractivity contribution in [2.45, 2.75) is 34.1 Å². The largest absolute Gasteiger partial charge is 0.353 e. The average molecular weight is 155 g/mol. The molecule has 0 radical (unpaired) electrons. The number of likely N-dealkylation sites (N-methyl/N-ethyl adjacent to an activating group) is 1. The van der Waals surface area contributed by atoms with Gasteiger partial charge in [0, 0.05) is 12.1 Å². The Balaban J connectivity index is 4.22. The number of hydrogen-bond acceptors (Lipinski definition) is 1. The van der Waals surface area contributed by atoms with Crippen LogP contribution in [0.5, 0.6) is 0 Å². The number of amides is 1. The Morgan fingerprint density at radius 3 is 2.18 bits per heavy atom. The highest BCUT2D eigenvalue weighted by molar-refractivity contribution is 5.93. The van der Waals surface area contributed by atoms with Crippen LogP contribution in [0.1, 0.15) is 34.1 Å². The highest BCUT2D eigenvalue weighted by atomic mass is 16.1. The second-order valence-corrected chi connectivity index (χ2v) is 2.62. The van der Waals surface area contributed by atoms with E-state index in [-0.39, 0.29) is 5.91 Å². The Bertz CT molecular complexity index is 170. The lowest BCUT2D eigenvalue weighted by atomic mass is 10.1. The molecule has 0 aromatic heterocycles. The molecule has 0 rings (SSSR count). The van der Waals surface area contributed by atoms with Gasteiger partial charge in [0.15, 0.2) is 0 Å². The number of hydrogen-bond donors (Lipinski definition) is 1. The van der Waals surface area contributed by atoms with Crippen LogP contribution in [0.4, 0.5) is 0 Å². The summed E-state index contributed by atoms with van der Waals surface area (Å²) in [5.41, 5.74) is 2.02. The predicted octanol–water partition coefficient (Wildman–Crippen LogP) is 1.87. The molecule has 0 aliphatic carbocycles. The lowest BCUT2D eigenvalue weighted by molar-refractivity contribution is -0.117. The summed E-state index contributed by atoms with van der Waals surface area (Å²) < 4.78 is 0. The van der Waals surface area contributed by atoms with Gasteiger partial charge in [-0.2, -0.15) is 0 Å². The van der Waals surface area contributed by atoms with Crippen LogP contribution in [-0.2, 0) is 4.79 Å². The molecule has 0 aromatic carbocycles. The van der Waals surface area contributed by atoms with E-state index < -0.39 is 0 Å². The van der Waals surface area contributed by atoms with E-state index in [1.165, 1.54) is 0 Å². The van der Waals surface area contributed by atoms with Crippen LogP contribution >= 0.6 is 0 Å². The van der Waals surface area contributed by atoms with Gasteiger partial charge < -0.3 is 5.32 Å². The number of allylic oxidation sites excluding steroid dienone is 1. The summed E-state index contributed by atoms with van der Waals surface area (Å²) in [7, 11) is 0. The van der Waals surface area contributed by atoms with Crippen molar-refractivity contribution >= 4 is 5.91 Å². The van der Waals surface area contributed by atoms with Crippen LogP contribution in [0.3, 0.4) is 0 Å². The van der Waals surface area contributed by atoms with E-state index in [2.05, 4.69) is 12.2 Å². The molecule has 1 amide bonds. The molecule has 0 aliphatic rings. The van der Waals surface area contributed by atoms with Crippen molar-refractivity contribution in [3.8, 4) is 0 Å². The second kappa shape index (κ2) is 4.94. The van der Waals surface area contributed by atoms with Crippen molar-refractivity contribution in [2.24, 2.45) is 0 Å². The summed E-state index contributed by atoms with van der Waals surface area (Å²) in [5, 5.41) is 2.76. The van der Waals surface area contributed by atoms with Crippen LogP contribution in [0.15, 0.2) is 11.1 Å². The van der Waals surface area contributed by atoms with E-state index in [9.17, 15) is 4.79 Å². The maximum Gasteiger partial charge on any atom is 0.246 e. The summed E-state index contributed by atoms with van der Waals surface area (Å²) in [6.07, 6.45) is 0.947. The number of carbonyl (C=O) groups excluding carboxylic acids is 1. The molecule has 0 bridgehead atoms. The maximum absolute atomic E-state index is 11.2. The first-order valence-electron chi connectivity index (χ1n) is 4.08. The molecule has 1 N–H and O–H groups in total. The summed E-state index contributed by atoms with van der Waals surface area (Å²) in [6, 6.07) is 0. The minimum Gasteiger partial charge on any atom is -0.353 e. The molecule has 0 aliphatic heterocycles. The quantitative estimate of drug-likeness (QED) is 0.619. The van der Waals surface area contributed by atoms with E-state index >= 15 is 0 Å². The molecule has 0 unspecified atom stereocenters. The third-order valence-corrected chi connectivity index (χ3v) is 1.85. The smallest absolute Gasteiger partial charge is 0.246 e. The van der Waals surface area contributed by atoms with Crippen molar-refractivity contribution in [2.75, 3.05) is 6.54 Å². The summed E-state index contributed by atoms with van der Waals surface area (Å²) >= 11 is 0. The zero-order valence-electron chi connectivity index (χ0n) is 7.82. The minimum absolute atomic E-state index is 0.0619. The van der Waals surface area contributed by atoms with E-state index in [1.54, 1.807) is 0 Å². The molecular formula is C9H17NO. The van der Waals surface area contributed by atoms with Gasteiger partial charge in [0.2, 0.25) is 5.91 Å². The van der Waals surface area contributed by atoms with Crippen LogP contribution in [0.2, 0.25) is 0 Å². The zero-order chi connectivity index (χ0) is 8.85. The van der Waals surface area contributed by atoms with Crippen LogP contribution in [-0.4, -0.2) is 12.5 Å². The van der Waals surface area contributed by atoms with E-state index in [0.717, 1.165) is 17.6 Å². The third-order valence-electron chi connectivity index (χ3n) is 1.85. The SMILES string of the molecule is CCNC(=O)/C(C)=C(\C)CC. The minimum atomic E-state index is 0.0619. The van der Waals surface area contributed by atoms with Gasteiger partial charge in [-0.25, -0.2) is 0 Å². The molecule has 0 fully saturated rings. The molecule has 2 heteroatoms. The monoisotopic (exact) mass is 155 g/mol. The van der Waals surface area contributed by atoms with Crippen molar-refractivity contribution in [1.82, 2.24) is 5.32 Å². The standard InChI is InChI=1S/C9H17NO/c1-5-7(3)8(4)9(11)10-6-2/h5-6H2,1-4H3,(H,10,11)/b8-7+. The Morgan fingerprint density at radius 2 is 1.82 bits per heavy atom. The van der Waals surface area contributed by atoms with Crippen molar-refractivity contribution in [1.29, 1.82) is 0 Å². The van der Waals surface area contributed by atoms with Gasteiger partial charge in [0.1, 0.15) is 0 Å². The van der Waals surface area contributed by atoms with E-state index in [1.807, 2.05) is 20.8 Å². The van der Waals surface area contributed by atoms with Crippen LogP contribution in [0.25, 0.3) is 0 Å². The average Bonchev–Trinajstić information content (AvgIpc) is 2.02. The summed E-state index contributed by atoms with van der Waals surface area (Å²) in [6.45, 7) is 8.53. The number of carbonyl (C=O) groups is 1. The summed E-state index contributed by atoms with van der Waals surface area (Å²) in [4.78, 5) is 11.2. The fourth-order valence-corrected chi connectivity index (χ4v) is 0.752. The molecule has 0 aromatic rings. The Kier molecular flexibility index (Phi) is 4.59. The van der Waals surface area contributed by atoms with Crippen LogP contribution < -0.4 is 5.32 Å². The lowest BCUT2D eigenvalue weighted by Crippen LogP contribution is -2.23. The van der Waals surface area contributed by atoms with Gasteiger partial charge in [-0.3, -0.25) is 4.79 Å². The van der Waals surface area contributed by atoms with Gasteiger partial charge in [-0.05, 0) is 27.2 Å². The Labute approximate surface area is 68.7 Å². The first-order valence-corrected chi connectivity index (χ1v) is 4.08. The number of nitrogens with one attached hydrogen (secondary N) is 1. The lowest BCUT2D eigenvalue weighted by Gasteiger charge is -2.04. The van der Waals surface area contributed by atoms with Gasteiger partial charge in [0.05, 0.1) is 0 Å². The highest BCUT2D eigenvalue weighted by Gasteiger charge is 2.03. The van der Waals surface area contributed by atoms with Crippen molar-refractivity contribution in [3.63, 3.8) is 0 Å². The second-order valence-electron chi connectivity index (χ2n) is 2.62. The van der Waals surface area contributed by atoms with Crippen molar-refractivity contribution < 1.29 is 4.79 Å². The topological polar surface area (TPSA) is 29.1 Å². The molecule has 0 saturated carbocycles. The highest BCUT2D eigenvalue weighted by Crippen LogP contribution is 2.06. The fraction of sp³-hybridized carbons (Fsp3) is 0.667. The number of rotatable bonds is 3. The van der Waals surface area contributed by atoms with Gasteiger partial charge in [-0.15, -0.1) is 0 Å². The molecule has 0 atom stereocenters. The van der Waals surface area contributed by atoms with Gasteiger partial charge in [0.25, 0.3) is 0 Å². The normalized spacial score (nSPS) is 12.4. The molecular weight excluding hydrogens is 138 g/mol.